The number of esters is 1. The van der Waals surface area contributed by atoms with E-state index in [0.29, 0.717) is 17.5 Å². The summed E-state index contributed by atoms with van der Waals surface area (Å²) in [6, 6.07) is 4.71. The Kier molecular flexibility index (Phi) is 6.16. The lowest BCUT2D eigenvalue weighted by atomic mass is 10.0. The molecule has 1 aromatic carbocycles. The predicted octanol–water partition coefficient (Wildman–Crippen LogP) is 3.52. The number of hydrogen-bond donors (Lipinski definition) is 2. The molecule has 0 fully saturated rings. The third kappa shape index (κ3) is 4.27. The highest BCUT2D eigenvalue weighted by Gasteiger charge is 2.29. The van der Waals surface area contributed by atoms with Crippen molar-refractivity contribution >= 4 is 38.5 Å². The number of ether oxygens (including phenoxy) is 2. The van der Waals surface area contributed by atoms with Crippen LogP contribution in [0.2, 0.25) is 0 Å². The number of carbonyl (C=O) groups excluding carboxylic acids is 2. The number of allylic oxidation sites excluding steroid dienone is 2. The van der Waals surface area contributed by atoms with Crippen LogP contribution in [0, 0.1) is 11.6 Å². The smallest absolute Gasteiger partial charge is 0.373 e. The quantitative estimate of drug-likeness (QED) is 0.401. The number of halogens is 2. The van der Waals surface area contributed by atoms with Gasteiger partial charge in [0.15, 0.2) is 5.82 Å². The van der Waals surface area contributed by atoms with Crippen molar-refractivity contribution in [2.45, 2.75) is 12.8 Å². The van der Waals surface area contributed by atoms with Crippen LogP contribution in [0.15, 0.2) is 59.7 Å². The fourth-order valence-corrected chi connectivity index (χ4v) is 4.39. The van der Waals surface area contributed by atoms with E-state index in [4.69, 9.17) is 4.74 Å². The number of sulfonamides is 1. The molecule has 12 heteroatoms. The van der Waals surface area contributed by atoms with Gasteiger partial charge in [0.2, 0.25) is 16.6 Å². The van der Waals surface area contributed by atoms with Crippen LogP contribution in [-0.2, 0) is 24.3 Å². The number of hydrogen-bond acceptors (Lipinski definition) is 7. The number of benzene rings is 1. The highest BCUT2D eigenvalue weighted by molar-refractivity contribution is 7.96. The molecule has 176 valence electrons. The Morgan fingerprint density at radius 3 is 2.71 bits per heavy atom. The third-order valence-electron chi connectivity index (χ3n) is 4.93. The molecule has 2 N–H and O–H groups in total. The monoisotopic (exact) mass is 489 g/mol. The topological polar surface area (TPSA) is 127 Å². The first-order valence-electron chi connectivity index (χ1n) is 9.87. The number of ketones is 1. The minimum atomic E-state index is -4.55. The molecule has 0 saturated heterocycles. The minimum absolute atomic E-state index is 0.0384. The van der Waals surface area contributed by atoms with Crippen molar-refractivity contribution in [3.63, 3.8) is 0 Å². The SMILES string of the molecule is COC(=O)C1=CCCC=C(S(=O)(=O)Nc2ccc(F)c(C(=O)c3c[nH]c4ncccc34)c2F)O1. The van der Waals surface area contributed by atoms with E-state index in [-0.39, 0.29) is 17.7 Å². The fraction of sp³-hybridized carbons (Fsp3) is 0.136. The molecule has 0 spiro atoms. The summed E-state index contributed by atoms with van der Waals surface area (Å²) in [4.78, 5) is 31.5. The average molecular weight is 489 g/mol. The van der Waals surface area contributed by atoms with Crippen molar-refractivity contribution in [3.05, 3.63) is 82.4 Å². The van der Waals surface area contributed by atoms with Crippen molar-refractivity contribution in [1.29, 1.82) is 0 Å². The predicted molar refractivity (Wildman–Crippen MR) is 117 cm³/mol. The van der Waals surface area contributed by atoms with Gasteiger partial charge in [-0.2, -0.15) is 8.42 Å². The van der Waals surface area contributed by atoms with E-state index in [0.717, 1.165) is 19.2 Å². The first-order valence-corrected chi connectivity index (χ1v) is 11.4. The van der Waals surface area contributed by atoms with Gasteiger partial charge in [-0.05, 0) is 49.3 Å². The molecule has 0 atom stereocenters. The molecule has 1 aliphatic heterocycles. The molecule has 0 unspecified atom stereocenters. The lowest BCUT2D eigenvalue weighted by molar-refractivity contribution is -0.139. The molecule has 1 aliphatic rings. The van der Waals surface area contributed by atoms with Gasteiger partial charge in [0.25, 0.3) is 10.0 Å². The number of carbonyl (C=O) groups is 2. The highest BCUT2D eigenvalue weighted by atomic mass is 32.2. The standard InChI is InChI=1S/C22H17F2N3O6S/c1-32-22(29)16-6-2-3-7-17(33-16)34(30,31)27-15-9-8-14(23)18(19(15)24)20(28)13-11-26-21-12(13)5-4-10-25-21/h4-11,27H,2-3H2,1H3,(H,25,26). The normalized spacial score (nSPS) is 14.0. The first-order chi connectivity index (χ1) is 16.2. The molecular weight excluding hydrogens is 472 g/mol. The Morgan fingerprint density at radius 2 is 1.94 bits per heavy atom. The van der Waals surface area contributed by atoms with E-state index in [1.54, 1.807) is 12.1 Å². The lowest BCUT2D eigenvalue weighted by Crippen LogP contribution is -2.20. The third-order valence-corrected chi connectivity index (χ3v) is 6.20. The van der Waals surface area contributed by atoms with Crippen LogP contribution in [-0.4, -0.2) is 37.2 Å². The minimum Gasteiger partial charge on any atom is -0.463 e. The number of fused-ring (bicyclic) bond motifs is 1. The van der Waals surface area contributed by atoms with Gasteiger partial charge >= 0.3 is 5.97 Å². The Hall–Kier alpha value is -4.06. The number of anilines is 1. The molecule has 3 heterocycles. The van der Waals surface area contributed by atoms with Gasteiger partial charge in [0.1, 0.15) is 11.5 Å². The number of rotatable bonds is 6. The van der Waals surface area contributed by atoms with Gasteiger partial charge in [0.05, 0.1) is 18.4 Å². The Morgan fingerprint density at radius 1 is 1.18 bits per heavy atom. The maximum absolute atomic E-state index is 15.3. The molecular formula is C22H17F2N3O6S. The van der Waals surface area contributed by atoms with Gasteiger partial charge in [-0.25, -0.2) is 18.6 Å². The second-order valence-corrected chi connectivity index (χ2v) is 8.70. The number of aromatic amines is 1. The molecule has 34 heavy (non-hydrogen) atoms. The van der Waals surface area contributed by atoms with E-state index in [2.05, 4.69) is 14.7 Å². The van der Waals surface area contributed by atoms with Crippen molar-refractivity contribution in [3.8, 4) is 0 Å². The molecule has 0 bridgehead atoms. The van der Waals surface area contributed by atoms with Gasteiger partial charge < -0.3 is 14.5 Å². The number of nitrogens with zero attached hydrogens (tertiary/aromatic N) is 1. The van der Waals surface area contributed by atoms with E-state index < -0.39 is 49.8 Å². The van der Waals surface area contributed by atoms with Crippen LogP contribution in [0.5, 0.6) is 0 Å². The average Bonchev–Trinajstić information content (AvgIpc) is 3.08. The Bertz CT molecular complexity index is 1480. The Labute approximate surface area is 192 Å². The van der Waals surface area contributed by atoms with Crippen molar-refractivity contribution < 1.29 is 36.3 Å². The number of H-pyrrole nitrogens is 1. The summed E-state index contributed by atoms with van der Waals surface area (Å²) in [6.07, 6.45) is 5.81. The second-order valence-electron chi connectivity index (χ2n) is 7.08. The summed E-state index contributed by atoms with van der Waals surface area (Å²) in [6.45, 7) is 0. The number of methoxy groups -OCH3 is 1. The molecule has 0 radical (unpaired) electrons. The molecule has 4 rings (SSSR count). The molecule has 3 aromatic rings. The van der Waals surface area contributed by atoms with Crippen LogP contribution in [0.1, 0.15) is 28.8 Å². The van der Waals surface area contributed by atoms with Crippen LogP contribution < -0.4 is 4.72 Å². The van der Waals surface area contributed by atoms with Gasteiger partial charge in [0, 0.05) is 23.3 Å². The van der Waals surface area contributed by atoms with Crippen molar-refractivity contribution in [2.75, 3.05) is 11.8 Å². The second kappa shape index (κ2) is 9.06. The highest BCUT2D eigenvalue weighted by Crippen LogP contribution is 2.29. The van der Waals surface area contributed by atoms with Crippen molar-refractivity contribution in [2.24, 2.45) is 0 Å². The van der Waals surface area contributed by atoms with E-state index in [1.165, 1.54) is 24.5 Å². The van der Waals surface area contributed by atoms with E-state index >= 15 is 4.39 Å². The molecule has 0 amide bonds. The molecule has 0 saturated carbocycles. The lowest BCUT2D eigenvalue weighted by Gasteiger charge is -2.14. The maximum Gasteiger partial charge on any atom is 0.373 e. The largest absolute Gasteiger partial charge is 0.463 e. The van der Waals surface area contributed by atoms with Gasteiger partial charge in [-0.3, -0.25) is 9.52 Å². The Balaban J connectivity index is 1.68. The zero-order valence-corrected chi connectivity index (χ0v) is 18.4. The fourth-order valence-electron chi connectivity index (χ4n) is 3.31. The summed E-state index contributed by atoms with van der Waals surface area (Å²) in [5.74, 6) is -4.83. The number of pyridine rings is 1. The van der Waals surface area contributed by atoms with Crippen LogP contribution in [0.4, 0.5) is 14.5 Å². The van der Waals surface area contributed by atoms with Crippen LogP contribution in [0.25, 0.3) is 11.0 Å². The molecule has 2 aromatic heterocycles. The van der Waals surface area contributed by atoms with Crippen molar-refractivity contribution in [1.82, 2.24) is 9.97 Å². The number of nitrogens with one attached hydrogen (secondary N) is 2. The molecule has 9 nitrogen and oxygen atoms in total. The van der Waals surface area contributed by atoms with E-state index in [9.17, 15) is 22.4 Å². The number of aromatic nitrogens is 2. The summed E-state index contributed by atoms with van der Waals surface area (Å²) < 4.78 is 67.1. The van der Waals surface area contributed by atoms with Gasteiger partial charge in [-0.15, -0.1) is 0 Å². The molecule has 0 aliphatic carbocycles. The summed E-state index contributed by atoms with van der Waals surface area (Å²) >= 11 is 0. The summed E-state index contributed by atoms with van der Waals surface area (Å²) in [7, 11) is -3.45. The first kappa shape index (κ1) is 23.1. The van der Waals surface area contributed by atoms with E-state index in [1.807, 2.05) is 4.72 Å². The van der Waals surface area contributed by atoms with Crippen LogP contribution in [0.3, 0.4) is 0 Å². The summed E-state index contributed by atoms with van der Waals surface area (Å²) in [5.41, 5.74) is -1.32. The zero-order valence-electron chi connectivity index (χ0n) is 17.6. The maximum atomic E-state index is 15.3. The zero-order chi connectivity index (χ0) is 24.5. The van der Waals surface area contributed by atoms with Crippen LogP contribution >= 0.6 is 0 Å². The van der Waals surface area contributed by atoms with Gasteiger partial charge in [-0.1, -0.05) is 0 Å². The summed E-state index contributed by atoms with van der Waals surface area (Å²) in [5, 5.41) is -0.322.